The van der Waals surface area contributed by atoms with Gasteiger partial charge < -0.3 is 10.1 Å². The molecule has 160 valence electrons. The minimum absolute atomic E-state index is 0.0909. The summed E-state index contributed by atoms with van der Waals surface area (Å²) in [5, 5.41) is 3.09. The molecule has 1 aliphatic carbocycles. The minimum atomic E-state index is -3.72. The molecular formula is C24H24N2O4S. The molecule has 3 aromatic carbocycles. The highest BCUT2D eigenvalue weighted by Gasteiger charge is 2.23. The van der Waals surface area contributed by atoms with Crippen molar-refractivity contribution >= 4 is 21.6 Å². The predicted octanol–water partition coefficient (Wildman–Crippen LogP) is 4.30. The van der Waals surface area contributed by atoms with Crippen LogP contribution in [-0.4, -0.2) is 21.4 Å². The van der Waals surface area contributed by atoms with Gasteiger partial charge in [0.25, 0.3) is 15.9 Å². The van der Waals surface area contributed by atoms with E-state index in [9.17, 15) is 13.2 Å². The van der Waals surface area contributed by atoms with E-state index < -0.39 is 10.0 Å². The van der Waals surface area contributed by atoms with Crippen LogP contribution in [0.25, 0.3) is 0 Å². The average molecular weight is 437 g/mol. The molecule has 0 aliphatic heterocycles. The van der Waals surface area contributed by atoms with Gasteiger partial charge in [-0.2, -0.15) is 0 Å². The highest BCUT2D eigenvalue weighted by atomic mass is 32.2. The lowest BCUT2D eigenvalue weighted by molar-refractivity contribution is 0.0932. The molecule has 7 heteroatoms. The number of amides is 1. The van der Waals surface area contributed by atoms with Gasteiger partial charge >= 0.3 is 0 Å². The molecule has 0 fully saturated rings. The second-order valence-corrected chi connectivity index (χ2v) is 9.16. The fourth-order valence-corrected chi connectivity index (χ4v) is 4.92. The lowest BCUT2D eigenvalue weighted by Crippen LogP contribution is -2.31. The molecule has 4 rings (SSSR count). The Bertz CT molecular complexity index is 1190. The summed E-state index contributed by atoms with van der Waals surface area (Å²) in [6.07, 6.45) is 2.78. The summed E-state index contributed by atoms with van der Waals surface area (Å²) in [7, 11) is -2.08. The molecular weight excluding hydrogens is 412 g/mol. The zero-order chi connectivity index (χ0) is 21.8. The SMILES string of the molecule is COc1ccc2c(c1)CCCC2NC(=O)c1cccc(NS(=O)(=O)c2ccccc2)c1. The van der Waals surface area contributed by atoms with E-state index in [2.05, 4.69) is 10.0 Å². The van der Waals surface area contributed by atoms with E-state index in [0.29, 0.717) is 11.3 Å². The number of nitrogens with one attached hydrogen (secondary N) is 2. The van der Waals surface area contributed by atoms with E-state index >= 15 is 0 Å². The van der Waals surface area contributed by atoms with Crippen molar-refractivity contribution in [2.24, 2.45) is 0 Å². The molecule has 0 radical (unpaired) electrons. The maximum atomic E-state index is 12.9. The van der Waals surface area contributed by atoms with Crippen molar-refractivity contribution in [1.82, 2.24) is 5.32 Å². The molecule has 2 N–H and O–H groups in total. The Morgan fingerprint density at radius 2 is 1.81 bits per heavy atom. The average Bonchev–Trinajstić information content (AvgIpc) is 2.79. The molecule has 3 aromatic rings. The number of aryl methyl sites for hydroxylation is 1. The van der Waals surface area contributed by atoms with Crippen LogP contribution < -0.4 is 14.8 Å². The first-order valence-electron chi connectivity index (χ1n) is 10.1. The normalized spacial score (nSPS) is 15.6. The van der Waals surface area contributed by atoms with Gasteiger partial charge in [-0.1, -0.05) is 30.3 Å². The number of carbonyl (C=O) groups excluding carboxylic acids is 1. The van der Waals surface area contributed by atoms with Crippen LogP contribution >= 0.6 is 0 Å². The maximum absolute atomic E-state index is 12.9. The largest absolute Gasteiger partial charge is 0.497 e. The van der Waals surface area contributed by atoms with Crippen LogP contribution in [0.15, 0.2) is 77.7 Å². The van der Waals surface area contributed by atoms with E-state index in [1.807, 2.05) is 18.2 Å². The Hall–Kier alpha value is -3.32. The first-order valence-corrected chi connectivity index (χ1v) is 11.6. The van der Waals surface area contributed by atoms with Gasteiger partial charge in [-0.3, -0.25) is 9.52 Å². The van der Waals surface area contributed by atoms with Crippen LogP contribution in [0.5, 0.6) is 5.75 Å². The van der Waals surface area contributed by atoms with Crippen molar-refractivity contribution in [3.63, 3.8) is 0 Å². The van der Waals surface area contributed by atoms with Crippen molar-refractivity contribution < 1.29 is 17.9 Å². The number of ether oxygens (including phenoxy) is 1. The number of sulfonamides is 1. The zero-order valence-electron chi connectivity index (χ0n) is 17.2. The first kappa shape index (κ1) is 20.9. The summed E-state index contributed by atoms with van der Waals surface area (Å²) in [6.45, 7) is 0. The van der Waals surface area contributed by atoms with Crippen LogP contribution in [0.3, 0.4) is 0 Å². The number of methoxy groups -OCH3 is 1. The third kappa shape index (κ3) is 4.72. The molecule has 1 aliphatic rings. The Kier molecular flexibility index (Phi) is 5.95. The third-order valence-electron chi connectivity index (χ3n) is 5.40. The molecule has 1 atom stereocenters. The van der Waals surface area contributed by atoms with Crippen LogP contribution in [0.4, 0.5) is 5.69 Å². The van der Waals surface area contributed by atoms with Crippen molar-refractivity contribution in [2.45, 2.75) is 30.2 Å². The third-order valence-corrected chi connectivity index (χ3v) is 6.80. The highest BCUT2D eigenvalue weighted by molar-refractivity contribution is 7.92. The summed E-state index contributed by atoms with van der Waals surface area (Å²) in [5.41, 5.74) is 3.01. The summed E-state index contributed by atoms with van der Waals surface area (Å²) < 4.78 is 33.0. The Morgan fingerprint density at radius 3 is 2.58 bits per heavy atom. The zero-order valence-corrected chi connectivity index (χ0v) is 18.0. The fourth-order valence-electron chi connectivity index (χ4n) is 3.85. The second kappa shape index (κ2) is 8.81. The van der Waals surface area contributed by atoms with E-state index in [0.717, 1.165) is 30.6 Å². The standard InChI is InChI=1S/C24H24N2O4S/c1-30-20-13-14-22-17(16-20)7-6-12-23(22)25-24(27)18-8-5-9-19(15-18)26-31(28,29)21-10-3-2-4-11-21/h2-5,8-11,13-16,23,26H,6-7,12H2,1H3,(H,25,27). The summed E-state index contributed by atoms with van der Waals surface area (Å²) in [6, 6.07) is 20.5. The minimum Gasteiger partial charge on any atom is -0.497 e. The van der Waals surface area contributed by atoms with Gasteiger partial charge in [0.2, 0.25) is 0 Å². The molecule has 1 unspecified atom stereocenters. The van der Waals surface area contributed by atoms with Crippen molar-refractivity contribution in [2.75, 3.05) is 11.8 Å². The lowest BCUT2D eigenvalue weighted by atomic mass is 9.87. The number of benzene rings is 3. The van der Waals surface area contributed by atoms with Crippen LogP contribution in [-0.2, 0) is 16.4 Å². The van der Waals surface area contributed by atoms with E-state index in [1.54, 1.807) is 49.6 Å². The molecule has 0 aromatic heterocycles. The van der Waals surface area contributed by atoms with E-state index in [4.69, 9.17) is 4.74 Å². The van der Waals surface area contributed by atoms with Crippen molar-refractivity contribution in [3.05, 3.63) is 89.5 Å². The van der Waals surface area contributed by atoms with Gasteiger partial charge in [0.15, 0.2) is 0 Å². The van der Waals surface area contributed by atoms with Gasteiger partial charge in [0.1, 0.15) is 5.75 Å². The molecule has 0 saturated carbocycles. The topological polar surface area (TPSA) is 84.5 Å². The Labute approximate surface area is 182 Å². The fraction of sp³-hybridized carbons (Fsp3) is 0.208. The molecule has 31 heavy (non-hydrogen) atoms. The van der Waals surface area contributed by atoms with E-state index in [1.165, 1.54) is 17.7 Å². The van der Waals surface area contributed by atoms with Gasteiger partial charge in [0, 0.05) is 11.3 Å². The number of carbonyl (C=O) groups is 1. The highest BCUT2D eigenvalue weighted by Crippen LogP contribution is 2.32. The maximum Gasteiger partial charge on any atom is 0.261 e. The smallest absolute Gasteiger partial charge is 0.261 e. The summed E-state index contributed by atoms with van der Waals surface area (Å²) in [4.78, 5) is 13.1. The molecule has 1 amide bonds. The van der Waals surface area contributed by atoms with Gasteiger partial charge in [-0.05, 0) is 72.9 Å². The first-order chi connectivity index (χ1) is 15.0. The Balaban J connectivity index is 1.51. The molecule has 0 spiro atoms. The lowest BCUT2D eigenvalue weighted by Gasteiger charge is -2.27. The van der Waals surface area contributed by atoms with Gasteiger partial charge in [-0.15, -0.1) is 0 Å². The molecule has 0 saturated heterocycles. The van der Waals surface area contributed by atoms with Crippen molar-refractivity contribution in [3.8, 4) is 5.75 Å². The van der Waals surface area contributed by atoms with Crippen LogP contribution in [0, 0.1) is 0 Å². The number of hydrogen-bond donors (Lipinski definition) is 2. The second-order valence-electron chi connectivity index (χ2n) is 7.48. The van der Waals surface area contributed by atoms with Gasteiger partial charge in [-0.25, -0.2) is 8.42 Å². The molecule has 0 heterocycles. The number of fused-ring (bicyclic) bond motifs is 1. The Morgan fingerprint density at radius 1 is 1.00 bits per heavy atom. The molecule has 0 bridgehead atoms. The van der Waals surface area contributed by atoms with Gasteiger partial charge in [0.05, 0.1) is 18.0 Å². The quantitative estimate of drug-likeness (QED) is 0.603. The summed E-state index contributed by atoms with van der Waals surface area (Å²) in [5.74, 6) is 0.568. The summed E-state index contributed by atoms with van der Waals surface area (Å²) >= 11 is 0. The number of hydrogen-bond acceptors (Lipinski definition) is 4. The van der Waals surface area contributed by atoms with Crippen LogP contribution in [0.2, 0.25) is 0 Å². The molecule has 6 nitrogen and oxygen atoms in total. The van der Waals surface area contributed by atoms with Crippen molar-refractivity contribution in [1.29, 1.82) is 0 Å². The predicted molar refractivity (Wildman–Crippen MR) is 120 cm³/mol. The number of anilines is 1. The monoisotopic (exact) mass is 436 g/mol. The van der Waals surface area contributed by atoms with Crippen LogP contribution in [0.1, 0.15) is 40.4 Å². The number of rotatable bonds is 6. The van der Waals surface area contributed by atoms with E-state index in [-0.39, 0.29) is 16.8 Å².